The molecule has 0 fully saturated rings. The third-order valence-corrected chi connectivity index (χ3v) is 4.07. The van der Waals surface area contributed by atoms with Crippen molar-refractivity contribution in [1.82, 2.24) is 25.1 Å². The molecular weight excluding hydrogens is 270 g/mol. The minimum absolute atomic E-state index is 0.337. The molecule has 0 saturated heterocycles. The van der Waals surface area contributed by atoms with Crippen LogP contribution in [0.1, 0.15) is 38.4 Å². The van der Waals surface area contributed by atoms with Crippen LogP contribution in [-0.4, -0.2) is 26.3 Å². The van der Waals surface area contributed by atoms with Gasteiger partial charge in [0.05, 0.1) is 5.69 Å². The predicted molar refractivity (Wildman–Crippen MR) is 80.7 cm³/mol. The van der Waals surface area contributed by atoms with Crippen LogP contribution >= 0.6 is 11.8 Å². The zero-order valence-electron chi connectivity index (χ0n) is 12.2. The number of hydrogen-bond acceptors (Lipinski definition) is 5. The average Bonchev–Trinajstić information content (AvgIpc) is 2.87. The Morgan fingerprint density at radius 3 is 2.70 bits per heavy atom. The zero-order valence-corrected chi connectivity index (χ0v) is 13.0. The summed E-state index contributed by atoms with van der Waals surface area (Å²) in [5.41, 5.74) is 1.10. The van der Waals surface area contributed by atoms with Gasteiger partial charge in [-0.1, -0.05) is 13.8 Å². The summed E-state index contributed by atoms with van der Waals surface area (Å²) < 4.78 is 1.76. The van der Waals surface area contributed by atoms with Gasteiger partial charge in [-0.05, 0) is 43.3 Å². The van der Waals surface area contributed by atoms with Crippen molar-refractivity contribution in [2.24, 2.45) is 7.05 Å². The summed E-state index contributed by atoms with van der Waals surface area (Å²) in [4.78, 5) is 9.85. The van der Waals surface area contributed by atoms with Gasteiger partial charge >= 0.3 is 0 Å². The lowest BCUT2D eigenvalue weighted by molar-refractivity contribution is 0.507. The predicted octanol–water partition coefficient (Wildman–Crippen LogP) is 2.81. The minimum atomic E-state index is 0.337. The van der Waals surface area contributed by atoms with Crippen molar-refractivity contribution in [3.8, 4) is 0 Å². The molecule has 1 N–H and O–H groups in total. The van der Waals surface area contributed by atoms with Gasteiger partial charge in [-0.2, -0.15) is 5.10 Å². The highest BCUT2D eigenvalue weighted by molar-refractivity contribution is 7.99. The molecule has 5 nitrogen and oxygen atoms in total. The first-order valence-corrected chi connectivity index (χ1v) is 7.77. The van der Waals surface area contributed by atoms with E-state index in [-0.39, 0.29) is 0 Å². The first-order valence-electron chi connectivity index (χ1n) is 6.95. The standard InChI is InChI=1S/C14H21N5S/c1-4-8-15-12(5-2)13-7-6-11(9-16-13)20-14-17-10-18-19(14)3/h6-7,9-10,12,15H,4-5,8H2,1-3H3. The Hall–Kier alpha value is -1.40. The Bertz CT molecular complexity index is 523. The molecule has 2 aromatic rings. The van der Waals surface area contributed by atoms with Crippen LogP contribution in [0.3, 0.4) is 0 Å². The lowest BCUT2D eigenvalue weighted by Gasteiger charge is -2.16. The molecule has 20 heavy (non-hydrogen) atoms. The number of rotatable bonds is 7. The van der Waals surface area contributed by atoms with Gasteiger partial charge in [-0.25, -0.2) is 9.67 Å². The molecule has 1 atom stereocenters. The maximum absolute atomic E-state index is 4.57. The quantitative estimate of drug-likeness (QED) is 0.850. The third kappa shape index (κ3) is 3.80. The number of nitrogens with one attached hydrogen (secondary N) is 1. The molecule has 0 aromatic carbocycles. The molecule has 0 amide bonds. The summed E-state index contributed by atoms with van der Waals surface area (Å²) in [6.07, 6.45) is 5.65. The van der Waals surface area contributed by atoms with E-state index in [4.69, 9.17) is 0 Å². The first kappa shape index (κ1) is 15.0. The lowest BCUT2D eigenvalue weighted by Crippen LogP contribution is -2.22. The largest absolute Gasteiger partial charge is 0.309 e. The Morgan fingerprint density at radius 2 is 2.15 bits per heavy atom. The zero-order chi connectivity index (χ0) is 14.4. The Labute approximate surface area is 124 Å². The summed E-state index contributed by atoms with van der Waals surface area (Å²) in [7, 11) is 1.89. The van der Waals surface area contributed by atoms with Crippen molar-refractivity contribution < 1.29 is 0 Å². The van der Waals surface area contributed by atoms with Crippen LogP contribution in [0.2, 0.25) is 0 Å². The van der Waals surface area contributed by atoms with E-state index in [9.17, 15) is 0 Å². The fourth-order valence-electron chi connectivity index (χ4n) is 1.92. The van der Waals surface area contributed by atoms with Gasteiger partial charge in [0.2, 0.25) is 0 Å². The fourth-order valence-corrected chi connectivity index (χ4v) is 2.65. The maximum atomic E-state index is 4.57. The van der Waals surface area contributed by atoms with Crippen molar-refractivity contribution >= 4 is 11.8 Å². The number of hydrogen-bond donors (Lipinski definition) is 1. The van der Waals surface area contributed by atoms with Gasteiger partial charge in [0.25, 0.3) is 0 Å². The molecule has 108 valence electrons. The van der Waals surface area contributed by atoms with Crippen LogP contribution in [-0.2, 0) is 7.05 Å². The number of pyridine rings is 1. The van der Waals surface area contributed by atoms with Crippen LogP contribution in [0.25, 0.3) is 0 Å². The molecule has 0 spiro atoms. The van der Waals surface area contributed by atoms with E-state index in [1.165, 1.54) is 0 Å². The molecule has 1 unspecified atom stereocenters. The summed E-state index contributed by atoms with van der Waals surface area (Å²) >= 11 is 1.57. The summed E-state index contributed by atoms with van der Waals surface area (Å²) in [6, 6.07) is 4.52. The fraction of sp³-hybridized carbons (Fsp3) is 0.500. The highest BCUT2D eigenvalue weighted by Crippen LogP contribution is 2.25. The van der Waals surface area contributed by atoms with Gasteiger partial charge in [0, 0.05) is 24.2 Å². The molecule has 0 aliphatic carbocycles. The minimum Gasteiger partial charge on any atom is -0.309 e. The van der Waals surface area contributed by atoms with Gasteiger partial charge in [0.1, 0.15) is 6.33 Å². The summed E-state index contributed by atoms with van der Waals surface area (Å²) in [5, 5.41) is 8.44. The van der Waals surface area contributed by atoms with E-state index < -0.39 is 0 Å². The Balaban J connectivity index is 2.03. The molecule has 2 rings (SSSR count). The third-order valence-electron chi connectivity index (χ3n) is 3.04. The number of aromatic nitrogens is 4. The SMILES string of the molecule is CCCNC(CC)c1ccc(Sc2ncnn2C)cn1. The van der Waals surface area contributed by atoms with E-state index >= 15 is 0 Å². The second kappa shape index (κ2) is 7.40. The van der Waals surface area contributed by atoms with E-state index in [0.29, 0.717) is 6.04 Å². The topological polar surface area (TPSA) is 55.6 Å². The van der Waals surface area contributed by atoms with E-state index in [1.54, 1.807) is 22.8 Å². The monoisotopic (exact) mass is 291 g/mol. The van der Waals surface area contributed by atoms with Crippen molar-refractivity contribution in [1.29, 1.82) is 0 Å². The lowest BCUT2D eigenvalue weighted by atomic mass is 10.1. The second-order valence-corrected chi connectivity index (χ2v) is 5.64. The molecule has 2 aromatic heterocycles. The average molecular weight is 291 g/mol. The van der Waals surface area contributed by atoms with Gasteiger partial charge in [-0.15, -0.1) is 0 Å². The highest BCUT2D eigenvalue weighted by Gasteiger charge is 2.10. The van der Waals surface area contributed by atoms with Crippen LogP contribution in [0.15, 0.2) is 34.7 Å². The van der Waals surface area contributed by atoms with Crippen molar-refractivity contribution in [2.75, 3.05) is 6.54 Å². The van der Waals surface area contributed by atoms with Crippen LogP contribution in [0, 0.1) is 0 Å². The highest BCUT2D eigenvalue weighted by atomic mass is 32.2. The van der Waals surface area contributed by atoms with Crippen LogP contribution in [0.5, 0.6) is 0 Å². The van der Waals surface area contributed by atoms with E-state index in [0.717, 1.165) is 35.1 Å². The van der Waals surface area contributed by atoms with Crippen molar-refractivity contribution in [3.63, 3.8) is 0 Å². The normalized spacial score (nSPS) is 12.6. The van der Waals surface area contributed by atoms with Gasteiger partial charge in [-0.3, -0.25) is 4.98 Å². The molecular formula is C14H21N5S. The van der Waals surface area contributed by atoms with Gasteiger partial charge < -0.3 is 5.32 Å². The van der Waals surface area contributed by atoms with Crippen molar-refractivity contribution in [3.05, 3.63) is 30.4 Å². The molecule has 6 heteroatoms. The van der Waals surface area contributed by atoms with E-state index in [2.05, 4.69) is 46.4 Å². The van der Waals surface area contributed by atoms with Crippen LogP contribution in [0.4, 0.5) is 0 Å². The molecule has 0 saturated carbocycles. The maximum Gasteiger partial charge on any atom is 0.190 e. The Kier molecular flexibility index (Phi) is 5.55. The van der Waals surface area contributed by atoms with Crippen molar-refractivity contribution in [2.45, 2.75) is 42.8 Å². The van der Waals surface area contributed by atoms with Crippen LogP contribution < -0.4 is 5.32 Å². The molecule has 0 aliphatic rings. The number of aryl methyl sites for hydroxylation is 1. The second-order valence-electron chi connectivity index (χ2n) is 4.60. The molecule has 0 radical (unpaired) electrons. The van der Waals surface area contributed by atoms with E-state index in [1.807, 2.05) is 13.2 Å². The summed E-state index contributed by atoms with van der Waals surface area (Å²) in [5.74, 6) is 0. The molecule has 2 heterocycles. The smallest absolute Gasteiger partial charge is 0.190 e. The summed E-state index contributed by atoms with van der Waals surface area (Å²) in [6.45, 7) is 5.38. The molecule has 0 aliphatic heterocycles. The Morgan fingerprint density at radius 1 is 1.30 bits per heavy atom. The molecule has 0 bridgehead atoms. The number of nitrogens with zero attached hydrogens (tertiary/aromatic N) is 4. The van der Waals surface area contributed by atoms with Gasteiger partial charge in [0.15, 0.2) is 5.16 Å². The first-order chi connectivity index (χ1) is 9.74.